The van der Waals surface area contributed by atoms with Crippen LogP contribution >= 0.6 is 0 Å². The molecule has 0 saturated carbocycles. The van der Waals surface area contributed by atoms with Crippen LogP contribution in [-0.2, 0) is 4.79 Å². The smallest absolute Gasteiger partial charge is 0.326 e. The minimum absolute atomic E-state index is 0.103. The summed E-state index contributed by atoms with van der Waals surface area (Å²) in [4.78, 5) is 25.7. The van der Waals surface area contributed by atoms with Gasteiger partial charge in [0, 0.05) is 0 Å². The number of imide groups is 1. The molecule has 0 aliphatic carbocycles. The minimum atomic E-state index is -0.570. The molecule has 6 nitrogen and oxygen atoms in total. The Balaban J connectivity index is 2.71. The molecular weight excluding hydrogens is 174 g/mol. The van der Waals surface area contributed by atoms with Crippen molar-refractivity contribution in [3.05, 3.63) is 0 Å². The predicted octanol–water partition coefficient (Wildman–Crippen LogP) is -1.15. The maximum Gasteiger partial charge on any atom is 0.326 e. The van der Waals surface area contributed by atoms with Crippen molar-refractivity contribution in [2.75, 3.05) is 13.2 Å². The lowest BCUT2D eigenvalue weighted by Crippen LogP contribution is -2.55. The Morgan fingerprint density at radius 3 is 2.77 bits per heavy atom. The highest BCUT2D eigenvalue weighted by Crippen LogP contribution is 2.01. The fourth-order valence-corrected chi connectivity index (χ4v) is 0.947. The van der Waals surface area contributed by atoms with Crippen LogP contribution in [0.4, 0.5) is 4.79 Å². The predicted molar refractivity (Wildman–Crippen MR) is 45.2 cm³/mol. The molecule has 1 atom stereocenters. The molecule has 0 radical (unpaired) electrons. The first-order chi connectivity index (χ1) is 6.15. The second kappa shape index (κ2) is 3.99. The molecule has 6 heteroatoms. The number of nitrogens with one attached hydrogen (secondary N) is 2. The van der Waals surface area contributed by atoms with Crippen LogP contribution in [0.15, 0.2) is 4.99 Å². The molecule has 0 spiro atoms. The van der Waals surface area contributed by atoms with E-state index in [0.717, 1.165) is 0 Å². The van der Waals surface area contributed by atoms with Crippen molar-refractivity contribution >= 4 is 17.8 Å². The molecule has 3 amide bonds. The first-order valence-electron chi connectivity index (χ1n) is 3.92. The van der Waals surface area contributed by atoms with Gasteiger partial charge in [-0.05, 0) is 6.92 Å². The zero-order valence-corrected chi connectivity index (χ0v) is 7.20. The zero-order chi connectivity index (χ0) is 9.84. The second-order valence-corrected chi connectivity index (χ2v) is 2.66. The molecule has 1 heterocycles. The summed E-state index contributed by atoms with van der Waals surface area (Å²) >= 11 is 0. The van der Waals surface area contributed by atoms with Crippen molar-refractivity contribution in [3.8, 4) is 0 Å². The van der Waals surface area contributed by atoms with E-state index in [2.05, 4.69) is 15.6 Å². The van der Waals surface area contributed by atoms with Crippen molar-refractivity contribution in [3.63, 3.8) is 0 Å². The molecule has 3 N–H and O–H groups in total. The first kappa shape index (κ1) is 9.66. The van der Waals surface area contributed by atoms with Gasteiger partial charge in [0.25, 0.3) is 0 Å². The summed E-state index contributed by atoms with van der Waals surface area (Å²) in [5.41, 5.74) is 0. The van der Waals surface area contributed by atoms with Gasteiger partial charge in [-0.15, -0.1) is 0 Å². The van der Waals surface area contributed by atoms with Gasteiger partial charge in [-0.1, -0.05) is 0 Å². The molecule has 1 aliphatic rings. The quantitative estimate of drug-likeness (QED) is 0.507. The van der Waals surface area contributed by atoms with Crippen molar-refractivity contribution in [1.29, 1.82) is 0 Å². The third-order valence-electron chi connectivity index (χ3n) is 1.66. The van der Waals surface area contributed by atoms with Gasteiger partial charge in [0.05, 0.1) is 19.1 Å². The Kier molecular flexibility index (Phi) is 2.97. The average molecular weight is 185 g/mol. The number of aliphatic hydroxyl groups is 1. The lowest BCUT2D eigenvalue weighted by molar-refractivity contribution is -0.121. The van der Waals surface area contributed by atoms with Gasteiger partial charge in [0.15, 0.2) is 0 Å². The Bertz CT molecular complexity index is 262. The maximum absolute atomic E-state index is 11.1. The second-order valence-electron chi connectivity index (χ2n) is 2.66. The van der Waals surface area contributed by atoms with Gasteiger partial charge in [0.2, 0.25) is 5.91 Å². The fraction of sp³-hybridized carbons (Fsp3) is 0.571. The van der Waals surface area contributed by atoms with Crippen LogP contribution in [-0.4, -0.2) is 36.0 Å². The van der Waals surface area contributed by atoms with E-state index in [1.54, 1.807) is 6.92 Å². The van der Waals surface area contributed by atoms with Crippen LogP contribution in [0.3, 0.4) is 0 Å². The molecule has 0 aromatic heterocycles. The lowest BCUT2D eigenvalue weighted by Gasteiger charge is -2.20. The van der Waals surface area contributed by atoms with E-state index in [-0.39, 0.29) is 19.1 Å². The largest absolute Gasteiger partial charge is 0.394 e. The summed E-state index contributed by atoms with van der Waals surface area (Å²) in [6, 6.07) is -0.570. The third kappa shape index (κ3) is 2.25. The average Bonchev–Trinajstić information content (AvgIpc) is 2.09. The molecule has 13 heavy (non-hydrogen) atoms. The Labute approximate surface area is 75.0 Å². The van der Waals surface area contributed by atoms with Gasteiger partial charge in [-0.25, -0.2) is 4.79 Å². The minimum Gasteiger partial charge on any atom is -0.394 e. The highest BCUT2D eigenvalue weighted by Gasteiger charge is 2.27. The molecular formula is C7H11N3O3. The Hall–Kier alpha value is -1.43. The van der Waals surface area contributed by atoms with E-state index in [4.69, 9.17) is 5.11 Å². The Morgan fingerprint density at radius 2 is 2.15 bits per heavy atom. The third-order valence-corrected chi connectivity index (χ3v) is 1.66. The monoisotopic (exact) mass is 185 g/mol. The fourth-order valence-electron chi connectivity index (χ4n) is 0.947. The lowest BCUT2D eigenvalue weighted by atomic mass is 10.1. The van der Waals surface area contributed by atoms with Gasteiger partial charge in [-0.2, -0.15) is 0 Å². The number of amides is 3. The number of amidine groups is 1. The molecule has 0 aromatic rings. The normalized spacial score (nSPS) is 25.7. The molecule has 1 fully saturated rings. The van der Waals surface area contributed by atoms with E-state index in [1.807, 2.05) is 0 Å². The van der Waals surface area contributed by atoms with Crippen LogP contribution in [0.1, 0.15) is 6.92 Å². The summed E-state index contributed by atoms with van der Waals surface area (Å²) in [5, 5.41) is 13.0. The number of carbonyl (C=O) groups is 2. The van der Waals surface area contributed by atoms with E-state index in [9.17, 15) is 9.59 Å². The molecule has 1 rings (SSSR count). The zero-order valence-electron chi connectivity index (χ0n) is 7.20. The summed E-state index contributed by atoms with van der Waals surface area (Å²) in [5.74, 6) is -0.535. The number of aliphatic hydroxyl groups excluding tert-OH is 1. The number of rotatable bonds is 2. The Morgan fingerprint density at radius 1 is 1.46 bits per heavy atom. The van der Waals surface area contributed by atoms with E-state index in [0.29, 0.717) is 5.84 Å². The van der Waals surface area contributed by atoms with Crippen LogP contribution in [0.5, 0.6) is 0 Å². The van der Waals surface area contributed by atoms with Crippen LogP contribution in [0.25, 0.3) is 0 Å². The molecule has 1 aliphatic heterocycles. The van der Waals surface area contributed by atoms with Crippen LogP contribution < -0.4 is 10.6 Å². The standard InChI is InChI=1S/C7H11N3O3/c1-4-5(8-2-3-11)9-7(13)10-6(4)12/h4,11H,2-3H2,1H3,(H2,8,9,10,12,13). The molecule has 1 unspecified atom stereocenters. The number of urea groups is 1. The number of carbonyl (C=O) groups excluding carboxylic acids is 2. The molecule has 0 bridgehead atoms. The van der Waals surface area contributed by atoms with E-state index < -0.39 is 11.9 Å². The molecule has 0 aromatic carbocycles. The van der Waals surface area contributed by atoms with Crippen molar-refractivity contribution < 1.29 is 14.7 Å². The van der Waals surface area contributed by atoms with E-state index >= 15 is 0 Å². The number of nitrogens with zero attached hydrogens (tertiary/aromatic N) is 1. The van der Waals surface area contributed by atoms with Crippen molar-refractivity contribution in [1.82, 2.24) is 10.6 Å². The number of hydrogen-bond acceptors (Lipinski definition) is 4. The molecule has 72 valence electrons. The van der Waals surface area contributed by atoms with Gasteiger partial charge < -0.3 is 5.11 Å². The highest BCUT2D eigenvalue weighted by molar-refractivity contribution is 6.17. The maximum atomic E-state index is 11.1. The van der Waals surface area contributed by atoms with Crippen molar-refractivity contribution in [2.24, 2.45) is 10.9 Å². The summed E-state index contributed by atoms with van der Waals surface area (Å²) < 4.78 is 0. The van der Waals surface area contributed by atoms with Crippen molar-refractivity contribution in [2.45, 2.75) is 6.92 Å². The summed E-state index contributed by atoms with van der Waals surface area (Å²) in [7, 11) is 0. The summed E-state index contributed by atoms with van der Waals surface area (Å²) in [6.07, 6.45) is 0. The SMILES string of the molecule is CC1C(=O)NC(=O)NC1=NCCO. The van der Waals surface area contributed by atoms with Crippen LogP contribution in [0, 0.1) is 5.92 Å². The van der Waals surface area contributed by atoms with E-state index in [1.165, 1.54) is 0 Å². The topological polar surface area (TPSA) is 90.8 Å². The molecule has 1 saturated heterocycles. The number of hydrogen-bond donors (Lipinski definition) is 3. The van der Waals surface area contributed by atoms with Gasteiger partial charge >= 0.3 is 6.03 Å². The number of aliphatic imine (C=N–C) groups is 1. The van der Waals surface area contributed by atoms with Gasteiger partial charge in [0.1, 0.15) is 5.84 Å². The first-order valence-corrected chi connectivity index (χ1v) is 3.92. The summed E-state index contributed by atoms with van der Waals surface area (Å²) in [6.45, 7) is 1.71. The highest BCUT2D eigenvalue weighted by atomic mass is 16.3. The van der Waals surface area contributed by atoms with Gasteiger partial charge in [-0.3, -0.25) is 20.4 Å². The van der Waals surface area contributed by atoms with Crippen LogP contribution in [0.2, 0.25) is 0 Å².